The van der Waals surface area contributed by atoms with Crippen molar-refractivity contribution in [2.45, 2.75) is 12.6 Å². The number of nitrogens with one attached hydrogen (secondary N) is 2. The largest absolute Gasteiger partial charge is 0.475 e. The van der Waals surface area contributed by atoms with Gasteiger partial charge in [0.25, 0.3) is 0 Å². The molecular formula is C18H24N6O3S. The fourth-order valence-corrected chi connectivity index (χ4v) is 3.46. The third kappa shape index (κ3) is 5.53. The summed E-state index contributed by atoms with van der Waals surface area (Å²) in [5.41, 5.74) is 1.57. The Morgan fingerprint density at radius 2 is 2.25 bits per heavy atom. The quantitative estimate of drug-likeness (QED) is 0.566. The third-order valence-corrected chi connectivity index (χ3v) is 4.99. The van der Waals surface area contributed by atoms with Gasteiger partial charge in [-0.2, -0.15) is 9.64 Å². The number of aliphatic hydroxyl groups is 1. The summed E-state index contributed by atoms with van der Waals surface area (Å²) in [6.45, 7) is 4.40. The molecule has 2 aromatic heterocycles. The number of pyridine rings is 1. The first-order valence-electron chi connectivity index (χ1n) is 9.08. The zero-order chi connectivity index (χ0) is 19.8. The predicted molar refractivity (Wildman–Crippen MR) is 107 cm³/mol. The number of ether oxygens (including phenoxy) is 2. The first-order chi connectivity index (χ1) is 13.7. The number of anilines is 2. The number of rotatable bonds is 9. The van der Waals surface area contributed by atoms with Crippen LogP contribution in [0.1, 0.15) is 10.6 Å². The maximum atomic E-state index is 10.2. The van der Waals surface area contributed by atoms with Gasteiger partial charge in [0.05, 0.1) is 18.9 Å². The zero-order valence-electron chi connectivity index (χ0n) is 15.7. The molecule has 2 aromatic rings. The second-order valence-corrected chi connectivity index (χ2v) is 7.07. The summed E-state index contributed by atoms with van der Waals surface area (Å²) in [5, 5.41) is 25.2. The molecule has 0 aromatic carbocycles. The van der Waals surface area contributed by atoms with E-state index in [4.69, 9.17) is 14.7 Å². The lowest BCUT2D eigenvalue weighted by Gasteiger charge is -2.26. The van der Waals surface area contributed by atoms with Crippen LogP contribution in [0.3, 0.4) is 0 Å². The Balaban J connectivity index is 1.46. The third-order valence-electron chi connectivity index (χ3n) is 4.24. The summed E-state index contributed by atoms with van der Waals surface area (Å²) < 4.78 is 15.2. The fraction of sp³-hybridized carbons (Fsp3) is 0.500. The first kappa shape index (κ1) is 20.3. The lowest BCUT2D eigenvalue weighted by atomic mass is 10.3. The van der Waals surface area contributed by atoms with Gasteiger partial charge >= 0.3 is 0 Å². The number of hydrogen-bond donors (Lipinski definition) is 3. The Bertz CT molecular complexity index is 803. The summed E-state index contributed by atoms with van der Waals surface area (Å²) in [6.07, 6.45) is -0.748. The van der Waals surface area contributed by atoms with Crippen LogP contribution in [0.25, 0.3) is 0 Å². The molecule has 0 radical (unpaired) electrons. The van der Waals surface area contributed by atoms with E-state index in [1.807, 2.05) is 12.1 Å². The highest BCUT2D eigenvalue weighted by molar-refractivity contribution is 7.07. The van der Waals surface area contributed by atoms with Crippen LogP contribution in [0.2, 0.25) is 0 Å². The molecule has 1 aliphatic heterocycles. The molecule has 3 rings (SSSR count). The highest BCUT2D eigenvalue weighted by Crippen LogP contribution is 2.27. The molecule has 150 valence electrons. The summed E-state index contributed by atoms with van der Waals surface area (Å²) in [5.74, 6) is 1.04. The van der Waals surface area contributed by atoms with Gasteiger partial charge in [-0.15, -0.1) is 0 Å². The van der Waals surface area contributed by atoms with E-state index in [0.29, 0.717) is 22.3 Å². The summed E-state index contributed by atoms with van der Waals surface area (Å²) in [6, 6.07) is 7.73. The number of nitriles is 1. The van der Waals surface area contributed by atoms with Crippen molar-refractivity contribution in [2.75, 3.05) is 57.1 Å². The highest BCUT2D eigenvalue weighted by Gasteiger charge is 2.15. The van der Waals surface area contributed by atoms with E-state index in [1.54, 1.807) is 13.1 Å². The standard InChI is InChI=1S/C18H24N6O3S/c1-20-17-15(9-19)28-23-18(17)21-10-14(25)12-27-16-4-2-3-13(22-16)11-24-5-7-26-8-6-24/h2-4,14,20,25H,5-8,10-12H2,1H3,(H,21,23). The topological polar surface area (TPSA) is 116 Å². The number of hydrogen-bond acceptors (Lipinski definition) is 10. The molecule has 1 atom stereocenters. The van der Waals surface area contributed by atoms with Crippen molar-refractivity contribution < 1.29 is 14.6 Å². The molecule has 3 heterocycles. The van der Waals surface area contributed by atoms with E-state index in [9.17, 15) is 5.11 Å². The molecule has 0 bridgehead atoms. The van der Waals surface area contributed by atoms with Gasteiger partial charge in [-0.1, -0.05) is 6.07 Å². The van der Waals surface area contributed by atoms with Crippen LogP contribution in [-0.4, -0.2) is 72.0 Å². The minimum Gasteiger partial charge on any atom is -0.475 e. The summed E-state index contributed by atoms with van der Waals surface area (Å²) >= 11 is 1.11. The number of nitrogens with zero attached hydrogens (tertiary/aromatic N) is 4. The molecule has 3 N–H and O–H groups in total. The van der Waals surface area contributed by atoms with Crippen molar-refractivity contribution >= 4 is 23.0 Å². The van der Waals surface area contributed by atoms with Gasteiger partial charge in [-0.3, -0.25) is 4.90 Å². The molecule has 28 heavy (non-hydrogen) atoms. The second-order valence-electron chi connectivity index (χ2n) is 6.30. The molecule has 0 amide bonds. The normalized spacial score (nSPS) is 15.6. The molecule has 0 saturated carbocycles. The van der Waals surface area contributed by atoms with Crippen molar-refractivity contribution in [3.63, 3.8) is 0 Å². The SMILES string of the molecule is CNc1c(NCC(O)COc2cccc(CN3CCOCC3)n2)nsc1C#N. The minimum absolute atomic E-state index is 0.102. The minimum atomic E-state index is -0.748. The number of aliphatic hydroxyl groups excluding tert-OH is 1. The maximum absolute atomic E-state index is 10.2. The van der Waals surface area contributed by atoms with Gasteiger partial charge in [0.2, 0.25) is 5.88 Å². The first-order valence-corrected chi connectivity index (χ1v) is 9.85. The monoisotopic (exact) mass is 404 g/mol. The van der Waals surface area contributed by atoms with Crippen LogP contribution in [-0.2, 0) is 11.3 Å². The van der Waals surface area contributed by atoms with E-state index in [1.165, 1.54) is 0 Å². The number of morpholine rings is 1. The smallest absolute Gasteiger partial charge is 0.213 e. The summed E-state index contributed by atoms with van der Waals surface area (Å²) in [7, 11) is 1.73. The van der Waals surface area contributed by atoms with E-state index in [-0.39, 0.29) is 13.2 Å². The van der Waals surface area contributed by atoms with Crippen LogP contribution in [0.5, 0.6) is 5.88 Å². The van der Waals surface area contributed by atoms with Crippen molar-refractivity contribution in [2.24, 2.45) is 0 Å². The van der Waals surface area contributed by atoms with Crippen LogP contribution in [0.15, 0.2) is 18.2 Å². The van der Waals surface area contributed by atoms with Gasteiger partial charge in [0.15, 0.2) is 10.7 Å². The lowest BCUT2D eigenvalue weighted by Crippen LogP contribution is -2.35. The molecule has 1 saturated heterocycles. The van der Waals surface area contributed by atoms with E-state index in [0.717, 1.165) is 50.1 Å². The average Bonchev–Trinajstić information content (AvgIpc) is 3.13. The van der Waals surface area contributed by atoms with Gasteiger partial charge < -0.3 is 25.2 Å². The van der Waals surface area contributed by atoms with Gasteiger partial charge in [0.1, 0.15) is 24.5 Å². The Morgan fingerprint density at radius 1 is 1.43 bits per heavy atom. The van der Waals surface area contributed by atoms with Crippen molar-refractivity contribution in [1.82, 2.24) is 14.3 Å². The predicted octanol–water partition coefficient (Wildman–Crippen LogP) is 1.14. The zero-order valence-corrected chi connectivity index (χ0v) is 16.5. The number of aromatic nitrogens is 2. The van der Waals surface area contributed by atoms with Crippen molar-refractivity contribution in [3.8, 4) is 11.9 Å². The van der Waals surface area contributed by atoms with Crippen LogP contribution >= 0.6 is 11.5 Å². The van der Waals surface area contributed by atoms with Gasteiger partial charge in [-0.05, 0) is 17.6 Å². The summed E-state index contributed by atoms with van der Waals surface area (Å²) in [4.78, 5) is 7.29. The molecule has 10 heteroatoms. The van der Waals surface area contributed by atoms with Crippen molar-refractivity contribution in [1.29, 1.82) is 5.26 Å². The Labute approximate surface area is 168 Å². The van der Waals surface area contributed by atoms with E-state index >= 15 is 0 Å². The van der Waals surface area contributed by atoms with Gasteiger partial charge in [0, 0.05) is 39.3 Å². The molecule has 0 spiro atoms. The van der Waals surface area contributed by atoms with Crippen molar-refractivity contribution in [3.05, 3.63) is 28.8 Å². The van der Waals surface area contributed by atoms with Gasteiger partial charge in [-0.25, -0.2) is 4.98 Å². The highest BCUT2D eigenvalue weighted by atomic mass is 32.1. The Kier molecular flexibility index (Phi) is 7.39. The maximum Gasteiger partial charge on any atom is 0.213 e. The van der Waals surface area contributed by atoms with E-state index < -0.39 is 6.10 Å². The van der Waals surface area contributed by atoms with Crippen LogP contribution in [0.4, 0.5) is 11.5 Å². The average molecular weight is 404 g/mol. The molecule has 1 fully saturated rings. The molecule has 9 nitrogen and oxygen atoms in total. The fourth-order valence-electron chi connectivity index (χ4n) is 2.79. The lowest BCUT2D eigenvalue weighted by molar-refractivity contribution is 0.0335. The molecule has 1 aliphatic rings. The Hall–Kier alpha value is -2.45. The Morgan fingerprint density at radius 3 is 3.00 bits per heavy atom. The van der Waals surface area contributed by atoms with Crippen LogP contribution < -0.4 is 15.4 Å². The molecular weight excluding hydrogens is 380 g/mol. The molecule has 1 unspecified atom stereocenters. The van der Waals surface area contributed by atoms with E-state index in [2.05, 4.69) is 31.0 Å². The second kappa shape index (κ2) is 10.2. The molecule has 0 aliphatic carbocycles. The van der Waals surface area contributed by atoms with Crippen LogP contribution in [0, 0.1) is 11.3 Å².